The van der Waals surface area contributed by atoms with Crippen molar-refractivity contribution in [1.82, 2.24) is 24.3 Å². The maximum atomic E-state index is 4.99. The van der Waals surface area contributed by atoms with Gasteiger partial charge in [-0.3, -0.25) is 9.38 Å². The first kappa shape index (κ1) is 19.5. The lowest BCUT2D eigenvalue weighted by Crippen LogP contribution is -1.96. The highest BCUT2D eigenvalue weighted by atomic mass is 15.1. The maximum Gasteiger partial charge on any atom is 0.165 e. The van der Waals surface area contributed by atoms with Crippen molar-refractivity contribution in [3.8, 4) is 11.1 Å². The lowest BCUT2D eigenvalue weighted by Gasteiger charge is -2.14. The van der Waals surface area contributed by atoms with Gasteiger partial charge in [0.25, 0.3) is 0 Å². The van der Waals surface area contributed by atoms with Crippen LogP contribution in [0.4, 0.5) is 0 Å². The van der Waals surface area contributed by atoms with Crippen molar-refractivity contribution in [1.29, 1.82) is 0 Å². The predicted molar refractivity (Wildman–Crippen MR) is 148 cm³/mol. The maximum absolute atomic E-state index is 4.99. The minimum atomic E-state index is 0.856. The van der Waals surface area contributed by atoms with Gasteiger partial charge in [0.05, 0.1) is 11.0 Å². The fraction of sp³-hybridized carbons (Fsp3) is 0.0645. The number of fused-ring (bicyclic) bond motifs is 11. The van der Waals surface area contributed by atoms with Gasteiger partial charge in [-0.25, -0.2) is 9.97 Å². The van der Waals surface area contributed by atoms with Gasteiger partial charge in [-0.1, -0.05) is 18.2 Å². The largest absolute Gasteiger partial charge is 0.354 e. The molecule has 1 N–H and O–H groups in total. The first-order chi connectivity index (χ1) is 17.7. The Morgan fingerprint density at radius 2 is 1.42 bits per heavy atom. The SMILES string of the molecule is Cc1cc2c(cc1-c1cc3c(cc1C)c1nc4cccnc4n1c1cccnc31)[nH]c1ccccc12. The van der Waals surface area contributed by atoms with Gasteiger partial charge >= 0.3 is 0 Å². The number of H-pyrrole nitrogens is 1. The normalized spacial score (nSPS) is 12.2. The van der Waals surface area contributed by atoms with Gasteiger partial charge in [-0.15, -0.1) is 0 Å². The second kappa shape index (κ2) is 6.89. The van der Waals surface area contributed by atoms with Gasteiger partial charge < -0.3 is 4.98 Å². The van der Waals surface area contributed by atoms with Crippen LogP contribution in [0.15, 0.2) is 85.2 Å². The van der Waals surface area contributed by atoms with E-state index >= 15 is 0 Å². The molecule has 36 heavy (non-hydrogen) atoms. The third-order valence-electron chi connectivity index (χ3n) is 7.45. The summed E-state index contributed by atoms with van der Waals surface area (Å²) in [6.07, 6.45) is 3.68. The lowest BCUT2D eigenvalue weighted by molar-refractivity contribution is 1.23. The number of aromatic nitrogens is 5. The lowest BCUT2D eigenvalue weighted by atomic mass is 9.92. The smallest absolute Gasteiger partial charge is 0.165 e. The summed E-state index contributed by atoms with van der Waals surface area (Å²) < 4.78 is 2.14. The molecule has 5 nitrogen and oxygen atoms in total. The molecule has 0 aliphatic heterocycles. The second-order valence-corrected chi connectivity index (χ2v) is 9.58. The van der Waals surface area contributed by atoms with Gasteiger partial charge in [-0.2, -0.15) is 0 Å². The fourth-order valence-electron chi connectivity index (χ4n) is 5.78. The van der Waals surface area contributed by atoms with Gasteiger partial charge in [0.1, 0.15) is 11.2 Å². The minimum absolute atomic E-state index is 0.856. The molecule has 0 saturated heterocycles. The van der Waals surface area contributed by atoms with E-state index in [1.165, 1.54) is 33.0 Å². The van der Waals surface area contributed by atoms with E-state index in [1.54, 1.807) is 0 Å². The molecule has 0 aliphatic rings. The van der Waals surface area contributed by atoms with Crippen LogP contribution < -0.4 is 0 Å². The second-order valence-electron chi connectivity index (χ2n) is 9.58. The van der Waals surface area contributed by atoms with Crippen LogP contribution in [0.1, 0.15) is 11.1 Å². The Hall–Kier alpha value is -4.77. The van der Waals surface area contributed by atoms with E-state index in [0.29, 0.717) is 0 Å². The van der Waals surface area contributed by atoms with Crippen molar-refractivity contribution in [2.24, 2.45) is 0 Å². The van der Waals surface area contributed by atoms with Crippen LogP contribution in [-0.4, -0.2) is 24.3 Å². The Balaban J connectivity index is 1.49. The van der Waals surface area contributed by atoms with Crippen molar-refractivity contribution >= 4 is 60.4 Å². The molecule has 0 saturated carbocycles. The number of hydrogen-bond acceptors (Lipinski definition) is 3. The van der Waals surface area contributed by atoms with Crippen LogP contribution in [0, 0.1) is 13.8 Å². The highest BCUT2D eigenvalue weighted by Crippen LogP contribution is 2.38. The standard InChI is InChI=1S/C31H21N5/c1-17-13-22-19-7-3-4-8-25(19)34-27(22)16-21(17)20-15-23-24(14-18(20)2)30-35-26-9-5-12-33-31(26)36(30)28-10-6-11-32-29(23)28/h3-16,34H,1-2H3. The molecular formula is C31H21N5. The van der Waals surface area contributed by atoms with E-state index < -0.39 is 0 Å². The topological polar surface area (TPSA) is 58.9 Å². The number of rotatable bonds is 1. The summed E-state index contributed by atoms with van der Waals surface area (Å²) in [6.45, 7) is 4.39. The number of benzene rings is 3. The zero-order valence-electron chi connectivity index (χ0n) is 19.9. The summed E-state index contributed by atoms with van der Waals surface area (Å²) in [6, 6.07) is 25.7. The Morgan fingerprint density at radius 1 is 0.639 bits per heavy atom. The molecule has 0 bridgehead atoms. The van der Waals surface area contributed by atoms with E-state index in [9.17, 15) is 0 Å². The van der Waals surface area contributed by atoms with Gasteiger partial charge in [-0.05, 0) is 90.7 Å². The van der Waals surface area contributed by atoms with Gasteiger partial charge in [0.15, 0.2) is 5.65 Å². The van der Waals surface area contributed by atoms with E-state index in [0.717, 1.165) is 49.7 Å². The minimum Gasteiger partial charge on any atom is -0.354 e. The molecule has 3 aromatic carbocycles. The number of nitrogens with zero attached hydrogens (tertiary/aromatic N) is 4. The van der Waals surface area contributed by atoms with Crippen LogP contribution in [0.2, 0.25) is 0 Å². The zero-order valence-corrected chi connectivity index (χ0v) is 19.9. The summed E-state index contributed by atoms with van der Waals surface area (Å²) in [4.78, 5) is 18.1. The van der Waals surface area contributed by atoms with Crippen molar-refractivity contribution in [3.05, 3.63) is 96.3 Å². The van der Waals surface area contributed by atoms with Crippen LogP contribution in [0.5, 0.6) is 0 Å². The molecule has 0 atom stereocenters. The molecule has 0 radical (unpaired) electrons. The molecule has 0 amide bonds. The van der Waals surface area contributed by atoms with Crippen LogP contribution >= 0.6 is 0 Å². The molecule has 5 heterocycles. The van der Waals surface area contributed by atoms with E-state index in [2.05, 4.69) is 82.8 Å². The van der Waals surface area contributed by atoms with Gasteiger partial charge in [0, 0.05) is 45.0 Å². The summed E-state index contributed by atoms with van der Waals surface area (Å²) in [5.41, 5.74) is 11.8. The van der Waals surface area contributed by atoms with Crippen LogP contribution in [-0.2, 0) is 0 Å². The average Bonchev–Trinajstić information content (AvgIpc) is 3.47. The third-order valence-corrected chi connectivity index (χ3v) is 7.45. The van der Waals surface area contributed by atoms with Crippen molar-refractivity contribution < 1.29 is 0 Å². The summed E-state index contributed by atoms with van der Waals surface area (Å²) in [7, 11) is 0. The number of para-hydroxylation sites is 1. The summed E-state index contributed by atoms with van der Waals surface area (Å²) in [5, 5.41) is 4.71. The van der Waals surface area contributed by atoms with Crippen LogP contribution in [0.3, 0.4) is 0 Å². The molecule has 5 heteroatoms. The Labute approximate surface area is 206 Å². The Kier molecular flexibility index (Phi) is 3.74. The number of aryl methyl sites for hydroxylation is 2. The molecule has 0 unspecified atom stereocenters. The number of pyridine rings is 3. The van der Waals surface area contributed by atoms with Crippen molar-refractivity contribution in [3.63, 3.8) is 0 Å². The summed E-state index contributed by atoms with van der Waals surface area (Å²) >= 11 is 0. The molecule has 5 aromatic heterocycles. The number of imidazole rings is 1. The number of aromatic amines is 1. The Morgan fingerprint density at radius 3 is 2.33 bits per heavy atom. The van der Waals surface area contributed by atoms with Gasteiger partial charge in [0.2, 0.25) is 0 Å². The fourth-order valence-corrected chi connectivity index (χ4v) is 5.78. The average molecular weight is 464 g/mol. The molecule has 0 fully saturated rings. The highest BCUT2D eigenvalue weighted by Gasteiger charge is 2.18. The molecule has 8 rings (SSSR count). The monoisotopic (exact) mass is 463 g/mol. The van der Waals surface area contributed by atoms with Crippen molar-refractivity contribution in [2.45, 2.75) is 13.8 Å². The van der Waals surface area contributed by atoms with Crippen molar-refractivity contribution in [2.75, 3.05) is 0 Å². The first-order valence-electron chi connectivity index (χ1n) is 12.1. The third kappa shape index (κ3) is 2.52. The number of hydrogen-bond donors (Lipinski definition) is 1. The highest BCUT2D eigenvalue weighted by molar-refractivity contribution is 6.14. The quantitative estimate of drug-likeness (QED) is 0.256. The molecule has 0 spiro atoms. The van der Waals surface area contributed by atoms with E-state index in [-0.39, 0.29) is 0 Å². The summed E-state index contributed by atoms with van der Waals surface area (Å²) in [5.74, 6) is 0. The molecular weight excluding hydrogens is 442 g/mol. The Bertz CT molecular complexity index is 2180. The van der Waals surface area contributed by atoms with E-state index in [4.69, 9.17) is 9.97 Å². The molecule has 170 valence electrons. The molecule has 0 aliphatic carbocycles. The first-order valence-corrected chi connectivity index (χ1v) is 12.1. The van der Waals surface area contributed by atoms with E-state index in [1.807, 2.05) is 30.6 Å². The number of nitrogens with one attached hydrogen (secondary N) is 1. The predicted octanol–water partition coefficient (Wildman–Crippen LogP) is 7.50. The molecule has 8 aromatic rings. The zero-order chi connectivity index (χ0) is 24.0. The van der Waals surface area contributed by atoms with Crippen LogP contribution in [0.25, 0.3) is 71.5 Å².